The molecule has 1 aliphatic heterocycles. The number of piperidine rings is 1. The number of alkyl halides is 2. The van der Waals surface area contributed by atoms with Crippen molar-refractivity contribution in [3.8, 4) is 22.8 Å². The van der Waals surface area contributed by atoms with Crippen LogP contribution in [0.3, 0.4) is 0 Å². The Morgan fingerprint density at radius 1 is 1.16 bits per heavy atom. The highest BCUT2D eigenvalue weighted by atomic mass is 19.3. The van der Waals surface area contributed by atoms with Crippen molar-refractivity contribution in [2.75, 3.05) is 33.4 Å². The van der Waals surface area contributed by atoms with Gasteiger partial charge in [-0.1, -0.05) is 0 Å². The Bertz CT molecular complexity index is 1500. The summed E-state index contributed by atoms with van der Waals surface area (Å²) in [7, 11) is 1.33. The summed E-state index contributed by atoms with van der Waals surface area (Å²) in [4.78, 5) is 31.2. The second-order valence-electron chi connectivity index (χ2n) is 11.1. The quantitative estimate of drug-likeness (QED) is 0.222. The van der Waals surface area contributed by atoms with E-state index in [0.29, 0.717) is 35.6 Å². The fourth-order valence-corrected chi connectivity index (χ4v) is 5.35. The molecule has 2 aliphatic rings. The van der Waals surface area contributed by atoms with Gasteiger partial charge >= 0.3 is 12.6 Å². The number of aliphatic hydroxyl groups is 3. The molecule has 1 saturated carbocycles. The minimum atomic E-state index is -3.17. The number of halogens is 2. The number of nitrogens with zero attached hydrogens (tertiary/aromatic N) is 3. The molecule has 238 valence electrons. The Hall–Kier alpha value is -3.85. The maximum absolute atomic E-state index is 13.3. The van der Waals surface area contributed by atoms with Crippen molar-refractivity contribution in [2.45, 2.75) is 63.1 Å². The first-order valence-corrected chi connectivity index (χ1v) is 14.5. The van der Waals surface area contributed by atoms with Crippen molar-refractivity contribution in [3.63, 3.8) is 0 Å². The molecular weight excluding hydrogens is 582 g/mol. The minimum Gasteiger partial charge on any atom is -0.496 e. The minimum absolute atomic E-state index is 0.00990. The molecular formula is C30H36F2N4O8. The number of hydrogen-bond acceptors (Lipinski definition) is 10. The Morgan fingerprint density at radius 3 is 2.50 bits per heavy atom. The second-order valence-corrected chi connectivity index (χ2v) is 11.1. The molecule has 5 rings (SSSR count). The number of pyridine rings is 1. The van der Waals surface area contributed by atoms with E-state index in [9.17, 15) is 33.7 Å². The molecule has 3 aromatic rings. The van der Waals surface area contributed by atoms with E-state index in [1.54, 1.807) is 29.7 Å². The molecule has 0 bridgehead atoms. The summed E-state index contributed by atoms with van der Waals surface area (Å²) < 4.78 is 43.4. The summed E-state index contributed by atoms with van der Waals surface area (Å²) in [5.74, 6) is -1.50. The number of rotatable bonds is 12. The molecule has 2 fully saturated rings. The number of hydrogen-bond donors (Lipinski definition) is 4. The van der Waals surface area contributed by atoms with E-state index in [2.05, 4.69) is 10.3 Å². The summed E-state index contributed by atoms with van der Waals surface area (Å²) in [6.07, 6.45) is 2.62. The van der Waals surface area contributed by atoms with Crippen molar-refractivity contribution in [3.05, 3.63) is 47.8 Å². The third-order valence-corrected chi connectivity index (χ3v) is 7.96. The first-order chi connectivity index (χ1) is 21.0. The molecule has 0 spiro atoms. The van der Waals surface area contributed by atoms with Gasteiger partial charge in [-0.15, -0.1) is 0 Å². The summed E-state index contributed by atoms with van der Waals surface area (Å²) in [5.41, 5.74) is 0.000448. The van der Waals surface area contributed by atoms with Gasteiger partial charge in [-0.2, -0.15) is 8.78 Å². The normalized spacial score (nSPS) is 18.2. The fourth-order valence-electron chi connectivity index (χ4n) is 5.35. The van der Waals surface area contributed by atoms with E-state index in [4.69, 9.17) is 14.2 Å². The topological polar surface area (TPSA) is 155 Å². The van der Waals surface area contributed by atoms with Crippen LogP contribution in [0.2, 0.25) is 0 Å². The molecule has 44 heavy (non-hydrogen) atoms. The molecule has 1 amide bonds. The van der Waals surface area contributed by atoms with Crippen LogP contribution in [0.25, 0.3) is 16.9 Å². The van der Waals surface area contributed by atoms with Crippen molar-refractivity contribution in [1.82, 2.24) is 19.6 Å². The van der Waals surface area contributed by atoms with E-state index in [1.165, 1.54) is 25.4 Å². The molecule has 2 atom stereocenters. The van der Waals surface area contributed by atoms with Gasteiger partial charge in [0.15, 0.2) is 5.60 Å². The number of fused-ring (bicyclic) bond motifs is 1. The van der Waals surface area contributed by atoms with Crippen LogP contribution in [0.15, 0.2) is 36.7 Å². The molecule has 14 heteroatoms. The lowest BCUT2D eigenvalue weighted by Gasteiger charge is -2.37. The highest BCUT2D eigenvalue weighted by Crippen LogP contribution is 2.37. The monoisotopic (exact) mass is 618 g/mol. The van der Waals surface area contributed by atoms with Gasteiger partial charge in [0.25, 0.3) is 5.91 Å². The first kappa shape index (κ1) is 31.6. The summed E-state index contributed by atoms with van der Waals surface area (Å²) in [6.45, 7) is -0.547. The Morgan fingerprint density at radius 2 is 1.86 bits per heavy atom. The number of methoxy groups -OCH3 is 1. The maximum atomic E-state index is 13.3. The van der Waals surface area contributed by atoms with Crippen LogP contribution in [0.1, 0.15) is 54.6 Å². The molecule has 1 aromatic carbocycles. The van der Waals surface area contributed by atoms with Crippen molar-refractivity contribution in [1.29, 1.82) is 0 Å². The molecule has 12 nitrogen and oxygen atoms in total. The van der Waals surface area contributed by atoms with E-state index in [1.807, 2.05) is 4.90 Å². The zero-order valence-corrected chi connectivity index (χ0v) is 24.4. The average molecular weight is 619 g/mol. The Balaban J connectivity index is 1.33. The molecule has 2 unspecified atom stereocenters. The van der Waals surface area contributed by atoms with Crippen LogP contribution in [-0.2, 0) is 9.53 Å². The number of nitrogens with one attached hydrogen (secondary N) is 1. The molecule has 3 heterocycles. The van der Waals surface area contributed by atoms with Crippen LogP contribution in [0.4, 0.5) is 8.78 Å². The van der Waals surface area contributed by atoms with Gasteiger partial charge in [0.05, 0.1) is 31.7 Å². The van der Waals surface area contributed by atoms with Crippen LogP contribution >= 0.6 is 0 Å². The molecule has 4 N–H and O–H groups in total. The average Bonchev–Trinajstić information content (AvgIpc) is 3.71. The van der Waals surface area contributed by atoms with E-state index in [-0.39, 0.29) is 49.1 Å². The number of likely N-dealkylation sites (tertiary alicyclic amines) is 1. The summed E-state index contributed by atoms with van der Waals surface area (Å²) in [5, 5.41) is 35.0. The molecule has 1 saturated heterocycles. The number of carbonyl (C=O) groups is 2. The van der Waals surface area contributed by atoms with Gasteiger partial charge in [0.2, 0.25) is 0 Å². The number of β-amino-alcohol motifs (C(OH)–C–C–N with tert-alkyl or cyclic N) is 1. The number of ether oxygens (including phenoxy) is 3. The lowest BCUT2D eigenvalue weighted by atomic mass is 9.91. The van der Waals surface area contributed by atoms with Gasteiger partial charge in [0.1, 0.15) is 28.8 Å². The number of esters is 1. The highest BCUT2D eigenvalue weighted by Gasteiger charge is 2.41. The van der Waals surface area contributed by atoms with E-state index >= 15 is 0 Å². The van der Waals surface area contributed by atoms with Gasteiger partial charge in [-0.3, -0.25) is 9.20 Å². The van der Waals surface area contributed by atoms with E-state index < -0.39 is 36.3 Å². The third kappa shape index (κ3) is 6.78. The predicted molar refractivity (Wildman–Crippen MR) is 153 cm³/mol. The van der Waals surface area contributed by atoms with Crippen LogP contribution in [-0.4, -0.2) is 99.2 Å². The smallest absolute Gasteiger partial charge is 0.387 e. The summed E-state index contributed by atoms with van der Waals surface area (Å²) >= 11 is 0. The fraction of sp³-hybridized carbons (Fsp3) is 0.500. The zero-order chi connectivity index (χ0) is 31.6. The van der Waals surface area contributed by atoms with Gasteiger partial charge in [-0.25, -0.2) is 9.78 Å². The number of aromatic nitrogens is 2. The summed E-state index contributed by atoms with van der Waals surface area (Å²) in [6, 6.07) is 6.06. The van der Waals surface area contributed by atoms with Crippen molar-refractivity contribution >= 4 is 17.5 Å². The van der Waals surface area contributed by atoms with Gasteiger partial charge < -0.3 is 39.7 Å². The number of benzene rings is 1. The van der Waals surface area contributed by atoms with Crippen molar-refractivity contribution in [2.24, 2.45) is 0 Å². The first-order valence-electron chi connectivity index (χ1n) is 14.5. The predicted octanol–water partition coefficient (Wildman–Crippen LogP) is 2.29. The van der Waals surface area contributed by atoms with Crippen molar-refractivity contribution < 1.29 is 47.9 Å². The third-order valence-electron chi connectivity index (χ3n) is 7.96. The second kappa shape index (κ2) is 13.0. The lowest BCUT2D eigenvalue weighted by molar-refractivity contribution is -0.170. The largest absolute Gasteiger partial charge is 0.496 e. The molecule has 0 radical (unpaired) electrons. The number of aliphatic hydroxyl groups excluding tert-OH is 2. The maximum Gasteiger partial charge on any atom is 0.387 e. The SMILES string of the molecule is CCOC(=O)C1(O)CCN(CC(O)C(O)c2ccn3c(-c4cc(OC)c(C(=O)NC5CC5)c(OC(F)F)c4)cnc3c2)CC1. The van der Waals surface area contributed by atoms with Crippen LogP contribution < -0.4 is 14.8 Å². The lowest BCUT2D eigenvalue weighted by Crippen LogP contribution is -2.51. The number of imidazole rings is 1. The van der Waals surface area contributed by atoms with Gasteiger partial charge in [-0.05, 0) is 62.4 Å². The van der Waals surface area contributed by atoms with Crippen LogP contribution in [0.5, 0.6) is 11.5 Å². The molecule has 1 aliphatic carbocycles. The Labute approximate surface area is 252 Å². The standard InChI is InChI=1S/C30H36F2N4O8/c1-3-43-28(40)30(41)7-10-35(11-8-30)16-21(37)26(38)17-6-9-36-20(15-33-24(36)14-17)18-12-22(42-2)25(23(13-18)44-29(31)32)27(39)34-19-4-5-19/h6,9,12-15,19,21,26,29,37-38,41H,3-5,7-8,10-11,16H2,1-2H3,(H,34,39). The van der Waals surface area contributed by atoms with Gasteiger partial charge in [0, 0.05) is 37.4 Å². The molecule has 2 aromatic heterocycles. The zero-order valence-electron chi connectivity index (χ0n) is 24.4. The van der Waals surface area contributed by atoms with Crippen LogP contribution in [0, 0.1) is 0 Å². The number of carbonyl (C=O) groups excluding carboxylic acids is 2. The van der Waals surface area contributed by atoms with E-state index in [0.717, 1.165) is 12.8 Å². The highest BCUT2D eigenvalue weighted by molar-refractivity contribution is 6.01. The number of amides is 1. The Kier molecular flexibility index (Phi) is 9.34.